The normalized spacial score (nSPS) is 28.7. The average molecular weight is 229 g/mol. The third-order valence-electron chi connectivity index (χ3n) is 3.29. The van der Waals surface area contributed by atoms with E-state index in [1.54, 1.807) is 0 Å². The molecule has 1 N–H and O–H groups in total. The second-order valence-corrected chi connectivity index (χ2v) is 4.77. The zero-order valence-electron chi connectivity index (χ0n) is 10.2. The van der Waals surface area contributed by atoms with Gasteiger partial charge in [0.25, 0.3) is 0 Å². The van der Waals surface area contributed by atoms with E-state index in [0.717, 1.165) is 58.6 Å². The highest BCUT2D eigenvalue weighted by atomic mass is 16.7. The largest absolute Gasteiger partial charge is 0.377 e. The van der Waals surface area contributed by atoms with Crippen molar-refractivity contribution in [3.63, 3.8) is 0 Å². The van der Waals surface area contributed by atoms with Crippen LogP contribution in [0.1, 0.15) is 32.6 Å². The van der Waals surface area contributed by atoms with Gasteiger partial charge in [0.05, 0.1) is 19.3 Å². The van der Waals surface area contributed by atoms with Crippen molar-refractivity contribution in [2.45, 2.75) is 44.5 Å². The van der Waals surface area contributed by atoms with Crippen LogP contribution in [0.5, 0.6) is 0 Å². The summed E-state index contributed by atoms with van der Waals surface area (Å²) in [6, 6.07) is 0. The Kier molecular flexibility index (Phi) is 4.58. The van der Waals surface area contributed by atoms with Crippen LogP contribution in [0.3, 0.4) is 0 Å². The summed E-state index contributed by atoms with van der Waals surface area (Å²) in [6.07, 6.45) is 4.77. The van der Waals surface area contributed by atoms with Gasteiger partial charge in [-0.05, 0) is 32.7 Å². The minimum absolute atomic E-state index is 0.324. The van der Waals surface area contributed by atoms with Crippen LogP contribution in [0.15, 0.2) is 0 Å². The lowest BCUT2D eigenvalue weighted by molar-refractivity contribution is -0.148. The highest BCUT2D eigenvalue weighted by Crippen LogP contribution is 2.24. The molecule has 0 saturated carbocycles. The predicted molar refractivity (Wildman–Crippen MR) is 61.4 cm³/mol. The average Bonchev–Trinajstić information content (AvgIpc) is 2.89. The van der Waals surface area contributed by atoms with E-state index in [1.807, 2.05) is 6.92 Å². The smallest absolute Gasteiger partial charge is 0.165 e. The van der Waals surface area contributed by atoms with Gasteiger partial charge < -0.3 is 19.5 Å². The van der Waals surface area contributed by atoms with Gasteiger partial charge in [-0.15, -0.1) is 0 Å². The monoisotopic (exact) mass is 229 g/mol. The number of hydrogen-bond donors (Lipinski definition) is 1. The van der Waals surface area contributed by atoms with Crippen molar-refractivity contribution in [1.82, 2.24) is 5.32 Å². The van der Waals surface area contributed by atoms with Crippen LogP contribution in [-0.4, -0.2) is 44.8 Å². The van der Waals surface area contributed by atoms with E-state index in [1.165, 1.54) is 0 Å². The minimum Gasteiger partial charge on any atom is -0.377 e. The van der Waals surface area contributed by atoms with Gasteiger partial charge >= 0.3 is 0 Å². The topological polar surface area (TPSA) is 39.7 Å². The molecule has 2 rings (SSSR count). The van der Waals surface area contributed by atoms with E-state index in [-0.39, 0.29) is 5.79 Å². The number of unbranched alkanes of at least 4 members (excludes halogenated alkanes) is 1. The SMILES string of the molecule is CC1(CCCCOC2CCNC2)OCCO1. The molecule has 0 aromatic carbocycles. The van der Waals surface area contributed by atoms with E-state index in [0.29, 0.717) is 6.10 Å². The summed E-state index contributed by atoms with van der Waals surface area (Å²) >= 11 is 0. The van der Waals surface area contributed by atoms with E-state index < -0.39 is 0 Å². The second-order valence-electron chi connectivity index (χ2n) is 4.77. The zero-order valence-corrected chi connectivity index (χ0v) is 10.2. The number of nitrogens with one attached hydrogen (secondary N) is 1. The molecule has 94 valence electrons. The fraction of sp³-hybridized carbons (Fsp3) is 1.00. The molecule has 4 heteroatoms. The molecule has 0 aromatic rings. The van der Waals surface area contributed by atoms with Gasteiger partial charge in [-0.3, -0.25) is 0 Å². The molecular formula is C12H23NO3. The first-order valence-electron chi connectivity index (χ1n) is 6.39. The van der Waals surface area contributed by atoms with Crippen LogP contribution in [0.2, 0.25) is 0 Å². The standard InChI is InChI=1S/C12H23NO3/c1-12(15-8-9-16-12)5-2-3-7-14-11-4-6-13-10-11/h11,13H,2-10H2,1H3. The van der Waals surface area contributed by atoms with E-state index in [2.05, 4.69) is 5.32 Å². The minimum atomic E-state index is -0.324. The first-order chi connectivity index (χ1) is 7.79. The van der Waals surface area contributed by atoms with Gasteiger partial charge in [0.15, 0.2) is 5.79 Å². The van der Waals surface area contributed by atoms with Crippen LogP contribution in [0.4, 0.5) is 0 Å². The van der Waals surface area contributed by atoms with Crippen molar-refractivity contribution in [1.29, 1.82) is 0 Å². The molecule has 0 aliphatic carbocycles. The molecule has 2 aliphatic rings. The lowest BCUT2D eigenvalue weighted by Gasteiger charge is -2.22. The van der Waals surface area contributed by atoms with Crippen LogP contribution in [0.25, 0.3) is 0 Å². The Hall–Kier alpha value is -0.160. The van der Waals surface area contributed by atoms with Crippen molar-refractivity contribution < 1.29 is 14.2 Å². The van der Waals surface area contributed by atoms with Crippen molar-refractivity contribution in [3.05, 3.63) is 0 Å². The Morgan fingerprint density at radius 1 is 1.31 bits per heavy atom. The van der Waals surface area contributed by atoms with Gasteiger partial charge in [0, 0.05) is 19.6 Å². The molecule has 2 aliphatic heterocycles. The van der Waals surface area contributed by atoms with Gasteiger partial charge in [0.2, 0.25) is 0 Å². The van der Waals surface area contributed by atoms with Gasteiger partial charge in [-0.1, -0.05) is 0 Å². The number of ether oxygens (including phenoxy) is 3. The van der Waals surface area contributed by atoms with Crippen LogP contribution >= 0.6 is 0 Å². The Morgan fingerprint density at radius 3 is 2.81 bits per heavy atom. The molecule has 16 heavy (non-hydrogen) atoms. The fourth-order valence-electron chi connectivity index (χ4n) is 2.27. The maximum Gasteiger partial charge on any atom is 0.165 e. The maximum atomic E-state index is 5.76. The molecule has 0 spiro atoms. The molecular weight excluding hydrogens is 206 g/mol. The lowest BCUT2D eigenvalue weighted by Crippen LogP contribution is -2.25. The predicted octanol–water partition coefficient (Wildman–Crippen LogP) is 1.30. The summed E-state index contributed by atoms with van der Waals surface area (Å²) in [5.41, 5.74) is 0. The Bertz CT molecular complexity index is 198. The van der Waals surface area contributed by atoms with Crippen LogP contribution < -0.4 is 5.32 Å². The van der Waals surface area contributed by atoms with Gasteiger partial charge in [-0.25, -0.2) is 0 Å². The summed E-state index contributed by atoms with van der Waals surface area (Å²) in [5.74, 6) is -0.324. The fourth-order valence-corrected chi connectivity index (χ4v) is 2.27. The summed E-state index contributed by atoms with van der Waals surface area (Å²) < 4.78 is 16.9. The number of hydrogen-bond acceptors (Lipinski definition) is 4. The summed E-state index contributed by atoms with van der Waals surface area (Å²) in [4.78, 5) is 0. The first kappa shape index (κ1) is 12.3. The molecule has 0 bridgehead atoms. The van der Waals surface area contributed by atoms with Crippen LogP contribution in [-0.2, 0) is 14.2 Å². The first-order valence-corrected chi connectivity index (χ1v) is 6.39. The summed E-state index contributed by atoms with van der Waals surface area (Å²) in [7, 11) is 0. The van der Waals surface area contributed by atoms with Gasteiger partial charge in [0.1, 0.15) is 0 Å². The lowest BCUT2D eigenvalue weighted by atomic mass is 10.1. The molecule has 2 heterocycles. The van der Waals surface area contributed by atoms with E-state index in [4.69, 9.17) is 14.2 Å². The molecule has 2 saturated heterocycles. The quantitative estimate of drug-likeness (QED) is 0.697. The van der Waals surface area contributed by atoms with Gasteiger partial charge in [-0.2, -0.15) is 0 Å². The Morgan fingerprint density at radius 2 is 2.12 bits per heavy atom. The molecule has 1 unspecified atom stereocenters. The molecule has 2 fully saturated rings. The van der Waals surface area contributed by atoms with E-state index >= 15 is 0 Å². The van der Waals surface area contributed by atoms with Crippen LogP contribution in [0, 0.1) is 0 Å². The third kappa shape index (κ3) is 3.70. The molecule has 0 amide bonds. The molecule has 0 radical (unpaired) electrons. The molecule has 0 aromatic heterocycles. The Balaban J connectivity index is 1.48. The highest BCUT2D eigenvalue weighted by molar-refractivity contribution is 4.71. The Labute approximate surface area is 97.6 Å². The third-order valence-corrected chi connectivity index (χ3v) is 3.29. The summed E-state index contributed by atoms with van der Waals surface area (Å²) in [5, 5.41) is 3.30. The summed E-state index contributed by atoms with van der Waals surface area (Å²) in [6.45, 7) is 6.49. The highest BCUT2D eigenvalue weighted by Gasteiger charge is 2.29. The van der Waals surface area contributed by atoms with Crippen molar-refractivity contribution in [3.8, 4) is 0 Å². The molecule has 1 atom stereocenters. The van der Waals surface area contributed by atoms with Crippen molar-refractivity contribution >= 4 is 0 Å². The zero-order chi connectivity index (χ0) is 11.3. The number of rotatable bonds is 6. The van der Waals surface area contributed by atoms with E-state index in [9.17, 15) is 0 Å². The van der Waals surface area contributed by atoms with Crippen molar-refractivity contribution in [2.75, 3.05) is 32.9 Å². The molecule has 4 nitrogen and oxygen atoms in total. The second kappa shape index (κ2) is 5.96. The maximum absolute atomic E-state index is 5.76. The van der Waals surface area contributed by atoms with Crippen molar-refractivity contribution in [2.24, 2.45) is 0 Å².